The molecule has 7 nitrogen and oxygen atoms in total. The first-order chi connectivity index (χ1) is 31.6. The quantitative estimate of drug-likeness (QED) is 0.302. The molecule has 1 saturated carbocycles. The van der Waals surface area contributed by atoms with Gasteiger partial charge in [0.25, 0.3) is 0 Å². The minimum atomic E-state index is -0.391. The van der Waals surface area contributed by atoms with E-state index in [1.54, 1.807) is 13.8 Å². The van der Waals surface area contributed by atoms with Crippen LogP contribution < -0.4 is 5.32 Å². The Morgan fingerprint density at radius 1 is 0.486 bits per heavy atom. The second-order valence-electron chi connectivity index (χ2n) is 31.8. The summed E-state index contributed by atoms with van der Waals surface area (Å²) < 4.78 is 5.39. The highest BCUT2D eigenvalue weighted by Crippen LogP contribution is 2.42. The summed E-state index contributed by atoms with van der Waals surface area (Å²) in [7, 11) is 0. The van der Waals surface area contributed by atoms with E-state index >= 15 is 0 Å². The first-order valence-corrected chi connectivity index (χ1v) is 28.9. The van der Waals surface area contributed by atoms with Gasteiger partial charge in [-0.1, -0.05) is 213 Å². The normalized spacial score (nSPS) is 17.9. The average molecular weight is 1020 g/mol. The molecule has 1 N–H and O–H groups in total. The number of hydrogen-bond donors (Lipinski definition) is 1. The van der Waals surface area contributed by atoms with E-state index in [1.165, 1.54) is 57.9 Å². The van der Waals surface area contributed by atoms with Crippen LogP contribution in [0.2, 0.25) is 0 Å². The Bertz CT molecular complexity index is 1430. The Kier molecular flexibility index (Phi) is 34.2. The molecular weight excluding hydrogens is 889 g/mol. The highest BCUT2D eigenvalue weighted by Gasteiger charge is 2.34. The van der Waals surface area contributed by atoms with E-state index in [0.717, 1.165) is 44.3 Å². The van der Waals surface area contributed by atoms with Gasteiger partial charge in [-0.05, 0) is 136 Å². The third-order valence-electron chi connectivity index (χ3n) is 16.2. The largest absolute Gasteiger partial charge is 0.444 e. The van der Waals surface area contributed by atoms with Gasteiger partial charge >= 0.3 is 6.09 Å². The van der Waals surface area contributed by atoms with Gasteiger partial charge in [-0.3, -0.25) is 9.59 Å². The number of rotatable bonds is 4. The Morgan fingerprint density at radius 2 is 0.861 bits per heavy atom. The van der Waals surface area contributed by atoms with Crippen LogP contribution in [0.4, 0.5) is 4.79 Å². The highest BCUT2D eigenvalue weighted by atomic mass is 16.6. The Labute approximate surface area is 452 Å². The summed E-state index contributed by atoms with van der Waals surface area (Å²) in [6, 6.07) is 0.751. The summed E-state index contributed by atoms with van der Waals surface area (Å²) >= 11 is 0. The van der Waals surface area contributed by atoms with Gasteiger partial charge in [0.1, 0.15) is 23.0 Å². The van der Waals surface area contributed by atoms with Crippen molar-refractivity contribution in [2.24, 2.45) is 60.6 Å². The summed E-state index contributed by atoms with van der Waals surface area (Å²) in [5, 5.41) is 3.56. The van der Waals surface area contributed by atoms with Crippen molar-refractivity contribution in [3.05, 3.63) is 0 Å². The fraction of sp³-hybridized carbons (Fsp3) is 0.938. The zero-order chi connectivity index (χ0) is 58.3. The molecule has 2 heterocycles. The number of ether oxygens (including phenoxy) is 1. The number of carbonyl (C=O) groups excluding carboxylic acids is 4. The van der Waals surface area contributed by atoms with Crippen LogP contribution in [0.5, 0.6) is 0 Å². The van der Waals surface area contributed by atoms with Crippen LogP contribution in [0.15, 0.2) is 0 Å². The van der Waals surface area contributed by atoms with Gasteiger partial charge in [0.2, 0.25) is 0 Å². The third-order valence-corrected chi connectivity index (χ3v) is 16.2. The number of amides is 1. The first kappa shape index (κ1) is 76.7. The molecule has 0 spiro atoms. The molecule has 3 rings (SSSR count). The lowest BCUT2D eigenvalue weighted by atomic mass is 9.67. The van der Waals surface area contributed by atoms with Crippen LogP contribution in [0.25, 0.3) is 0 Å². The molecule has 3 aliphatic rings. The summed E-state index contributed by atoms with van der Waals surface area (Å²) in [6.07, 6.45) is 15.9. The number of piperidine rings is 2. The van der Waals surface area contributed by atoms with Crippen molar-refractivity contribution < 1.29 is 23.9 Å². The predicted molar refractivity (Wildman–Crippen MR) is 318 cm³/mol. The van der Waals surface area contributed by atoms with Gasteiger partial charge in [0, 0.05) is 42.8 Å². The number of carbonyl (C=O) groups is 4. The molecule has 0 radical (unpaired) electrons. The molecule has 0 bridgehead atoms. The summed E-state index contributed by atoms with van der Waals surface area (Å²) in [4.78, 5) is 45.8. The molecule has 72 heavy (non-hydrogen) atoms. The van der Waals surface area contributed by atoms with Crippen LogP contribution in [0.3, 0.4) is 0 Å². The predicted octanol–water partition coefficient (Wildman–Crippen LogP) is 19.6. The second kappa shape index (κ2) is 32.1. The van der Waals surface area contributed by atoms with Gasteiger partial charge in [0.15, 0.2) is 0 Å². The van der Waals surface area contributed by atoms with E-state index in [0.29, 0.717) is 57.4 Å². The number of ketones is 3. The molecule has 1 atom stereocenters. The van der Waals surface area contributed by atoms with E-state index in [2.05, 4.69) is 144 Å². The molecular formula is C65H132N2O5. The van der Waals surface area contributed by atoms with Crippen molar-refractivity contribution in [1.82, 2.24) is 10.2 Å². The van der Waals surface area contributed by atoms with Gasteiger partial charge in [-0.25, -0.2) is 4.79 Å². The number of nitrogens with zero attached hydrogens (tertiary/aromatic N) is 1. The van der Waals surface area contributed by atoms with E-state index < -0.39 is 5.60 Å². The van der Waals surface area contributed by atoms with Crippen molar-refractivity contribution in [1.29, 1.82) is 0 Å². The topological polar surface area (TPSA) is 92.8 Å². The molecule has 1 unspecified atom stereocenters. The molecule has 7 heteroatoms. The molecule has 0 aromatic carbocycles. The van der Waals surface area contributed by atoms with Gasteiger partial charge in [-0.15, -0.1) is 0 Å². The zero-order valence-corrected chi connectivity index (χ0v) is 55.0. The number of hydrogen-bond acceptors (Lipinski definition) is 6. The van der Waals surface area contributed by atoms with Crippen molar-refractivity contribution in [3.63, 3.8) is 0 Å². The molecule has 0 aromatic rings. The van der Waals surface area contributed by atoms with Gasteiger partial charge in [0.05, 0.1) is 0 Å². The summed E-state index contributed by atoms with van der Waals surface area (Å²) in [5.41, 5.74) is 2.12. The zero-order valence-electron chi connectivity index (χ0n) is 55.0. The van der Waals surface area contributed by atoms with Crippen molar-refractivity contribution in [3.8, 4) is 0 Å². The van der Waals surface area contributed by atoms with E-state index in [9.17, 15) is 19.2 Å². The standard InChI is InChI=1S/C14H27NO2.C11H22O.C10H20.C9H19N.C8H18.C7H14O.C6H12O/c1-13(2,3)11-7-9-15(10-8-11)12(16)17-14(4,5)6;1-9(12)7-8-11(5,6)10(2,3)4;1-10(2,3)9-7-5-4-6-8-9;1-9(2,3)8-6-4-5-7-10-8;1-7(2,3)8(4,5)6;1-5-6(8)7(2,3)4;1-5(7)6(2,3)4/h11H,7-10H2,1-6H3;7-8H2,1-6H3;9H,4-8H2,1-3H3;8,10H,4-7H2,1-3H3;1-6H3;5H2,1-4H3;1-4H3. The number of likely N-dealkylation sites (tertiary alicyclic amines) is 1. The smallest absolute Gasteiger partial charge is 0.410 e. The summed E-state index contributed by atoms with van der Waals surface area (Å²) in [5.74, 6) is 2.58. The van der Waals surface area contributed by atoms with Crippen LogP contribution >= 0.6 is 0 Å². The third kappa shape index (κ3) is 38.7. The first-order valence-electron chi connectivity index (χ1n) is 28.9. The minimum absolute atomic E-state index is 0.130. The van der Waals surface area contributed by atoms with Crippen LogP contribution in [-0.4, -0.2) is 59.6 Å². The lowest BCUT2D eigenvalue weighted by molar-refractivity contribution is -0.126. The Balaban J connectivity index is -0.000000383. The SMILES string of the molecule is CC(=O)C(C)(C)C.CC(=O)CCC(C)(C)C(C)(C)C.CC(C)(C)C(C)(C)C.CC(C)(C)C1CCCCC1.CC(C)(C)C1CCCCN1.CC(C)(C)OC(=O)N1CCC(C(C)(C)C)CC1.CCC(=O)C(C)(C)C. The highest BCUT2D eigenvalue weighted by molar-refractivity contribution is 5.83. The maximum Gasteiger partial charge on any atom is 0.410 e. The van der Waals surface area contributed by atoms with Gasteiger partial charge in [-0.2, -0.15) is 0 Å². The molecule has 1 aliphatic carbocycles. The maximum absolute atomic E-state index is 11.9. The van der Waals surface area contributed by atoms with Crippen molar-refractivity contribution in [2.75, 3.05) is 19.6 Å². The fourth-order valence-corrected chi connectivity index (χ4v) is 7.21. The Hall–Kier alpha value is -1.76. The maximum atomic E-state index is 11.9. The van der Waals surface area contributed by atoms with Crippen LogP contribution in [-0.2, 0) is 19.1 Å². The van der Waals surface area contributed by atoms with E-state index in [4.69, 9.17) is 4.74 Å². The molecule has 2 saturated heterocycles. The minimum Gasteiger partial charge on any atom is -0.444 e. The number of nitrogens with one attached hydrogen (secondary N) is 1. The lowest BCUT2D eigenvalue weighted by Gasteiger charge is -2.39. The summed E-state index contributed by atoms with van der Waals surface area (Å²) in [6.45, 7) is 71.0. The Morgan fingerprint density at radius 3 is 1.07 bits per heavy atom. The van der Waals surface area contributed by atoms with Crippen LogP contribution in [0.1, 0.15) is 305 Å². The second-order valence-corrected chi connectivity index (χ2v) is 31.8. The molecule has 1 amide bonds. The lowest BCUT2D eigenvalue weighted by Crippen LogP contribution is -2.43. The fourth-order valence-electron chi connectivity index (χ4n) is 7.21. The van der Waals surface area contributed by atoms with Crippen LogP contribution in [0, 0.1) is 60.6 Å². The number of Topliss-reactive ketones (excluding diaryl/α,β-unsaturated/α-hetero) is 3. The van der Waals surface area contributed by atoms with Gasteiger partial charge < -0.3 is 19.7 Å². The molecule has 432 valence electrons. The van der Waals surface area contributed by atoms with Crippen molar-refractivity contribution >= 4 is 23.4 Å². The van der Waals surface area contributed by atoms with Crippen molar-refractivity contribution in [2.45, 2.75) is 317 Å². The van der Waals surface area contributed by atoms with E-state index in [-0.39, 0.29) is 33.5 Å². The monoisotopic (exact) mass is 1020 g/mol. The molecule has 2 aliphatic heterocycles. The average Bonchev–Trinajstić information content (AvgIpc) is 3.18. The molecule has 0 aromatic heterocycles. The van der Waals surface area contributed by atoms with E-state index in [1.807, 2.05) is 74.1 Å². The molecule has 3 fully saturated rings.